The van der Waals surface area contributed by atoms with E-state index >= 15 is 0 Å². The Morgan fingerprint density at radius 1 is 0.933 bits per heavy atom. The maximum Gasteiger partial charge on any atom is 0.261 e. The Morgan fingerprint density at radius 3 is 2.10 bits per heavy atom. The highest BCUT2D eigenvalue weighted by Crippen LogP contribution is 2.23. The van der Waals surface area contributed by atoms with Crippen LogP contribution in [0.5, 0.6) is 5.75 Å². The molecule has 6 nitrogen and oxygen atoms in total. The summed E-state index contributed by atoms with van der Waals surface area (Å²) in [5.74, 6) is 0.384. The SMILES string of the molecule is CCC(Oc1ccc(-c2ccccc2)cc1)C(=O)NCc1ccc(S(N)(=O)=O)cc1. The minimum atomic E-state index is -3.73. The Balaban J connectivity index is 1.58. The van der Waals surface area contributed by atoms with E-state index in [0.29, 0.717) is 12.2 Å². The third-order valence-corrected chi connectivity index (χ3v) is 5.55. The minimum Gasteiger partial charge on any atom is -0.481 e. The molecule has 0 bridgehead atoms. The van der Waals surface area contributed by atoms with E-state index in [0.717, 1.165) is 16.7 Å². The van der Waals surface area contributed by atoms with Gasteiger partial charge in [-0.2, -0.15) is 0 Å². The molecule has 0 heterocycles. The zero-order chi connectivity index (χ0) is 21.6. The normalized spacial score (nSPS) is 12.2. The summed E-state index contributed by atoms with van der Waals surface area (Å²) in [4.78, 5) is 12.5. The lowest BCUT2D eigenvalue weighted by molar-refractivity contribution is -0.128. The summed E-state index contributed by atoms with van der Waals surface area (Å²) in [6.45, 7) is 2.14. The number of carbonyl (C=O) groups excluding carboxylic acids is 1. The van der Waals surface area contributed by atoms with Gasteiger partial charge in [0.05, 0.1) is 4.90 Å². The molecule has 0 aromatic heterocycles. The molecule has 0 aliphatic carbocycles. The predicted octanol–water partition coefficient (Wildman–Crippen LogP) is 3.47. The zero-order valence-electron chi connectivity index (χ0n) is 16.6. The fourth-order valence-corrected chi connectivity index (χ4v) is 3.46. The highest BCUT2D eigenvalue weighted by Gasteiger charge is 2.18. The molecule has 3 N–H and O–H groups in total. The minimum absolute atomic E-state index is 0.0336. The number of hydrogen-bond acceptors (Lipinski definition) is 4. The van der Waals surface area contributed by atoms with Crippen LogP contribution in [-0.4, -0.2) is 20.4 Å². The Hall–Kier alpha value is -3.16. The first-order chi connectivity index (χ1) is 14.4. The Morgan fingerprint density at radius 2 is 1.53 bits per heavy atom. The van der Waals surface area contributed by atoms with Crippen molar-refractivity contribution >= 4 is 15.9 Å². The lowest BCUT2D eigenvalue weighted by atomic mass is 10.1. The first-order valence-electron chi connectivity index (χ1n) is 9.58. The Labute approximate surface area is 176 Å². The second kappa shape index (κ2) is 9.56. The van der Waals surface area contributed by atoms with Crippen LogP contribution in [0.2, 0.25) is 0 Å². The van der Waals surface area contributed by atoms with E-state index in [1.807, 2.05) is 61.5 Å². The number of primary sulfonamides is 1. The molecule has 0 aliphatic heterocycles. The molecule has 0 saturated heterocycles. The smallest absolute Gasteiger partial charge is 0.261 e. The number of hydrogen-bond donors (Lipinski definition) is 2. The summed E-state index contributed by atoms with van der Waals surface area (Å²) in [5, 5.41) is 7.91. The second-order valence-corrected chi connectivity index (χ2v) is 8.37. The van der Waals surface area contributed by atoms with Crippen LogP contribution in [-0.2, 0) is 21.4 Å². The van der Waals surface area contributed by atoms with Crippen LogP contribution in [0.4, 0.5) is 0 Å². The van der Waals surface area contributed by atoms with Crippen LogP contribution >= 0.6 is 0 Å². The van der Waals surface area contributed by atoms with Gasteiger partial charge in [0.25, 0.3) is 5.91 Å². The van der Waals surface area contributed by atoms with Crippen molar-refractivity contribution in [2.75, 3.05) is 0 Å². The molecule has 0 fully saturated rings. The van der Waals surface area contributed by atoms with Gasteiger partial charge >= 0.3 is 0 Å². The molecule has 3 aromatic carbocycles. The van der Waals surface area contributed by atoms with E-state index in [9.17, 15) is 13.2 Å². The van der Waals surface area contributed by atoms with Crippen molar-refractivity contribution < 1.29 is 17.9 Å². The van der Waals surface area contributed by atoms with Crippen LogP contribution in [0.15, 0.2) is 83.8 Å². The molecular weight excluding hydrogens is 400 g/mol. The van der Waals surface area contributed by atoms with Crippen molar-refractivity contribution in [2.45, 2.75) is 30.9 Å². The Kier molecular flexibility index (Phi) is 6.87. The molecule has 7 heteroatoms. The number of rotatable bonds is 8. The van der Waals surface area contributed by atoms with Crippen molar-refractivity contribution in [3.8, 4) is 16.9 Å². The lowest BCUT2D eigenvalue weighted by Gasteiger charge is -2.17. The molecule has 3 rings (SSSR count). The highest BCUT2D eigenvalue weighted by molar-refractivity contribution is 7.89. The maximum atomic E-state index is 12.5. The third-order valence-electron chi connectivity index (χ3n) is 4.62. The number of amides is 1. The molecule has 156 valence electrons. The number of nitrogens with one attached hydrogen (secondary N) is 1. The van der Waals surface area contributed by atoms with Crippen LogP contribution in [0.1, 0.15) is 18.9 Å². The van der Waals surface area contributed by atoms with Gasteiger partial charge in [-0.25, -0.2) is 13.6 Å². The summed E-state index contributed by atoms with van der Waals surface area (Å²) < 4.78 is 28.5. The van der Waals surface area contributed by atoms with Gasteiger partial charge in [-0.15, -0.1) is 0 Å². The van der Waals surface area contributed by atoms with E-state index in [4.69, 9.17) is 9.88 Å². The summed E-state index contributed by atoms with van der Waals surface area (Å²) >= 11 is 0. The number of ether oxygens (including phenoxy) is 1. The van der Waals surface area contributed by atoms with Crippen LogP contribution in [0.25, 0.3) is 11.1 Å². The van der Waals surface area contributed by atoms with E-state index in [-0.39, 0.29) is 17.3 Å². The predicted molar refractivity (Wildman–Crippen MR) is 116 cm³/mol. The first kappa shape index (κ1) is 21.5. The molecule has 30 heavy (non-hydrogen) atoms. The van der Waals surface area contributed by atoms with Crippen molar-refractivity contribution in [2.24, 2.45) is 5.14 Å². The number of benzene rings is 3. The van der Waals surface area contributed by atoms with E-state index in [1.165, 1.54) is 12.1 Å². The fourth-order valence-electron chi connectivity index (χ4n) is 2.94. The quantitative estimate of drug-likeness (QED) is 0.578. The molecule has 1 unspecified atom stereocenters. The van der Waals surface area contributed by atoms with Gasteiger partial charge in [-0.1, -0.05) is 61.5 Å². The van der Waals surface area contributed by atoms with Crippen molar-refractivity contribution in [1.29, 1.82) is 0 Å². The number of carbonyl (C=O) groups is 1. The summed E-state index contributed by atoms with van der Waals surface area (Å²) in [7, 11) is -3.73. The number of sulfonamides is 1. The van der Waals surface area contributed by atoms with Gasteiger partial charge in [-0.05, 0) is 47.4 Å². The lowest BCUT2D eigenvalue weighted by Crippen LogP contribution is -2.37. The molecule has 0 radical (unpaired) electrons. The molecule has 0 aliphatic rings. The molecule has 1 amide bonds. The largest absolute Gasteiger partial charge is 0.481 e. The van der Waals surface area contributed by atoms with Crippen LogP contribution in [0, 0.1) is 0 Å². The van der Waals surface area contributed by atoms with E-state index in [1.54, 1.807) is 12.1 Å². The summed E-state index contributed by atoms with van der Waals surface area (Å²) in [6.07, 6.45) is -0.118. The monoisotopic (exact) mass is 424 g/mol. The molecule has 1 atom stereocenters. The van der Waals surface area contributed by atoms with Gasteiger partial charge in [0.2, 0.25) is 10.0 Å². The van der Waals surface area contributed by atoms with Crippen LogP contribution in [0.3, 0.4) is 0 Å². The highest BCUT2D eigenvalue weighted by atomic mass is 32.2. The number of nitrogens with two attached hydrogens (primary N) is 1. The van der Waals surface area contributed by atoms with Crippen molar-refractivity contribution in [3.63, 3.8) is 0 Å². The van der Waals surface area contributed by atoms with Crippen molar-refractivity contribution in [3.05, 3.63) is 84.4 Å². The standard InChI is InChI=1S/C23H24N2O4S/c1-2-22(23(26)25-16-17-8-14-21(15-9-17)30(24,27)28)29-20-12-10-19(11-13-20)18-6-4-3-5-7-18/h3-15,22H,2,16H2,1H3,(H,25,26)(H2,24,27,28). The topological polar surface area (TPSA) is 98.5 Å². The maximum absolute atomic E-state index is 12.5. The fraction of sp³-hybridized carbons (Fsp3) is 0.174. The first-order valence-corrected chi connectivity index (χ1v) is 11.1. The van der Waals surface area contributed by atoms with Crippen molar-refractivity contribution in [1.82, 2.24) is 5.32 Å². The Bertz CT molecular complexity index is 1080. The van der Waals surface area contributed by atoms with Gasteiger partial charge in [0.1, 0.15) is 5.75 Å². The average Bonchev–Trinajstić information content (AvgIpc) is 2.76. The molecule has 0 spiro atoms. The van der Waals surface area contributed by atoms with Crippen LogP contribution < -0.4 is 15.2 Å². The summed E-state index contributed by atoms with van der Waals surface area (Å²) in [5.41, 5.74) is 2.95. The third kappa shape index (κ3) is 5.68. The van der Waals surface area contributed by atoms with Gasteiger partial charge in [-0.3, -0.25) is 4.79 Å². The summed E-state index contributed by atoms with van der Waals surface area (Å²) in [6, 6.07) is 23.7. The second-order valence-electron chi connectivity index (χ2n) is 6.81. The zero-order valence-corrected chi connectivity index (χ0v) is 17.4. The van der Waals surface area contributed by atoms with E-state index in [2.05, 4.69) is 5.32 Å². The van der Waals surface area contributed by atoms with Gasteiger partial charge < -0.3 is 10.1 Å². The average molecular weight is 425 g/mol. The van der Waals surface area contributed by atoms with Gasteiger partial charge in [0.15, 0.2) is 6.10 Å². The molecular formula is C23H24N2O4S. The van der Waals surface area contributed by atoms with E-state index < -0.39 is 16.1 Å². The molecule has 3 aromatic rings. The van der Waals surface area contributed by atoms with Gasteiger partial charge in [0, 0.05) is 6.54 Å². The molecule has 0 saturated carbocycles.